The van der Waals surface area contributed by atoms with Gasteiger partial charge in [0, 0.05) is 24.0 Å². The Kier molecular flexibility index (Phi) is 6.20. The number of hydrogen-bond donors (Lipinski definition) is 2. The zero-order valence-corrected chi connectivity index (χ0v) is 16.0. The van der Waals surface area contributed by atoms with E-state index >= 15 is 0 Å². The maximum Gasteiger partial charge on any atom is 0.238 e. The maximum atomic E-state index is 13.7. The second-order valence-corrected chi connectivity index (χ2v) is 7.73. The van der Waals surface area contributed by atoms with Gasteiger partial charge in [-0.05, 0) is 29.8 Å². The molecule has 0 radical (unpaired) electrons. The molecule has 0 aliphatic heterocycles. The number of primary sulfonamides is 1. The van der Waals surface area contributed by atoms with E-state index in [0.717, 1.165) is 0 Å². The number of carbonyl (C=O) groups is 1. The predicted molar refractivity (Wildman–Crippen MR) is 105 cm³/mol. The highest BCUT2D eigenvalue weighted by Gasteiger charge is 2.14. The summed E-state index contributed by atoms with van der Waals surface area (Å²) >= 11 is 0. The van der Waals surface area contributed by atoms with Gasteiger partial charge in [0.05, 0.1) is 17.0 Å². The molecule has 2 aromatic carbocycles. The summed E-state index contributed by atoms with van der Waals surface area (Å²) < 4.78 is 42.9. The Morgan fingerprint density at radius 2 is 1.86 bits per heavy atom. The molecule has 29 heavy (non-hydrogen) atoms. The summed E-state index contributed by atoms with van der Waals surface area (Å²) in [6.45, 7) is 0.0948. The van der Waals surface area contributed by atoms with E-state index in [2.05, 4.69) is 10.3 Å². The fraction of sp³-hybridized carbons (Fsp3) is 0.100. The van der Waals surface area contributed by atoms with Gasteiger partial charge in [0.2, 0.25) is 15.9 Å². The van der Waals surface area contributed by atoms with Crippen molar-refractivity contribution in [3.8, 4) is 5.75 Å². The van der Waals surface area contributed by atoms with Crippen molar-refractivity contribution in [2.45, 2.75) is 17.9 Å². The largest absolute Gasteiger partial charge is 0.487 e. The summed E-state index contributed by atoms with van der Waals surface area (Å²) in [7, 11) is -4.04. The third-order valence-corrected chi connectivity index (χ3v) is 4.81. The smallest absolute Gasteiger partial charge is 0.238 e. The van der Waals surface area contributed by atoms with Crippen molar-refractivity contribution in [2.24, 2.45) is 5.14 Å². The minimum atomic E-state index is -4.04. The number of benzene rings is 2. The fourth-order valence-electron chi connectivity index (χ4n) is 2.55. The van der Waals surface area contributed by atoms with Gasteiger partial charge in [-0.2, -0.15) is 0 Å². The second-order valence-electron chi connectivity index (χ2n) is 6.16. The van der Waals surface area contributed by atoms with Crippen LogP contribution >= 0.6 is 0 Å². The van der Waals surface area contributed by atoms with Gasteiger partial charge in [-0.25, -0.2) is 17.9 Å². The molecule has 9 heteroatoms. The van der Waals surface area contributed by atoms with Gasteiger partial charge in [0.15, 0.2) is 0 Å². The van der Waals surface area contributed by atoms with Gasteiger partial charge in [-0.15, -0.1) is 0 Å². The number of sulfonamides is 1. The van der Waals surface area contributed by atoms with Crippen molar-refractivity contribution in [1.29, 1.82) is 0 Å². The van der Waals surface area contributed by atoms with E-state index in [0.29, 0.717) is 5.69 Å². The van der Waals surface area contributed by atoms with Crippen LogP contribution in [0, 0.1) is 5.82 Å². The third-order valence-electron chi connectivity index (χ3n) is 3.91. The molecular weight excluding hydrogens is 397 g/mol. The molecule has 1 amide bonds. The lowest BCUT2D eigenvalue weighted by molar-refractivity contribution is -0.115. The van der Waals surface area contributed by atoms with E-state index in [9.17, 15) is 17.6 Å². The molecule has 0 bridgehead atoms. The highest BCUT2D eigenvalue weighted by Crippen LogP contribution is 2.24. The van der Waals surface area contributed by atoms with Gasteiger partial charge >= 0.3 is 0 Å². The second kappa shape index (κ2) is 8.80. The highest BCUT2D eigenvalue weighted by atomic mass is 32.2. The lowest BCUT2D eigenvalue weighted by Crippen LogP contribution is -2.17. The number of anilines is 1. The molecular formula is C20H18FN3O4S. The highest BCUT2D eigenvalue weighted by molar-refractivity contribution is 7.89. The molecule has 0 unspecified atom stereocenters. The average Bonchev–Trinajstić information content (AvgIpc) is 2.68. The van der Waals surface area contributed by atoms with Gasteiger partial charge in [0.1, 0.15) is 18.2 Å². The molecule has 3 aromatic rings. The van der Waals surface area contributed by atoms with Crippen LogP contribution in [0.3, 0.4) is 0 Å². The predicted octanol–water partition coefficient (Wildman–Crippen LogP) is 2.63. The van der Waals surface area contributed by atoms with Crippen LogP contribution in [0.1, 0.15) is 11.3 Å². The normalized spacial score (nSPS) is 11.1. The van der Waals surface area contributed by atoms with Crippen LogP contribution < -0.4 is 15.2 Å². The Labute approximate surface area is 167 Å². The van der Waals surface area contributed by atoms with Crippen molar-refractivity contribution in [3.63, 3.8) is 0 Å². The number of rotatable bonds is 7. The van der Waals surface area contributed by atoms with Crippen LogP contribution in [-0.4, -0.2) is 19.3 Å². The topological polar surface area (TPSA) is 111 Å². The molecule has 1 aromatic heterocycles. The van der Waals surface area contributed by atoms with Crippen molar-refractivity contribution in [1.82, 2.24) is 4.98 Å². The van der Waals surface area contributed by atoms with Crippen LogP contribution in [0.2, 0.25) is 0 Å². The number of amides is 1. The number of aromatic nitrogens is 1. The molecule has 0 atom stereocenters. The Balaban J connectivity index is 1.79. The van der Waals surface area contributed by atoms with Crippen LogP contribution in [0.25, 0.3) is 0 Å². The molecule has 0 aliphatic rings. The minimum Gasteiger partial charge on any atom is -0.487 e. The summed E-state index contributed by atoms with van der Waals surface area (Å²) in [4.78, 5) is 16.2. The number of nitrogens with two attached hydrogens (primary N) is 1. The first-order valence-corrected chi connectivity index (χ1v) is 10.1. The SMILES string of the molecule is NS(=O)(=O)c1cc(NC(=O)Cc2ccccc2F)cc(OCc2ccccn2)c1. The van der Waals surface area contributed by atoms with Gasteiger partial charge in [-0.3, -0.25) is 9.78 Å². The van der Waals surface area contributed by atoms with E-state index in [4.69, 9.17) is 9.88 Å². The fourth-order valence-corrected chi connectivity index (χ4v) is 3.12. The van der Waals surface area contributed by atoms with Crippen LogP contribution in [-0.2, 0) is 27.8 Å². The van der Waals surface area contributed by atoms with E-state index in [1.54, 1.807) is 30.5 Å². The molecule has 3 N–H and O–H groups in total. The zero-order valence-electron chi connectivity index (χ0n) is 15.2. The molecule has 1 heterocycles. The van der Waals surface area contributed by atoms with E-state index in [1.807, 2.05) is 0 Å². The molecule has 0 saturated carbocycles. The summed E-state index contributed by atoms with van der Waals surface area (Å²) in [6.07, 6.45) is 1.39. The van der Waals surface area contributed by atoms with E-state index in [-0.39, 0.29) is 34.9 Å². The lowest BCUT2D eigenvalue weighted by Gasteiger charge is -2.12. The summed E-state index contributed by atoms with van der Waals surface area (Å²) in [5.74, 6) is -0.832. The number of nitrogens with one attached hydrogen (secondary N) is 1. The zero-order chi connectivity index (χ0) is 20.9. The summed E-state index contributed by atoms with van der Waals surface area (Å²) in [6, 6.07) is 15.1. The van der Waals surface area contributed by atoms with Gasteiger partial charge in [-0.1, -0.05) is 24.3 Å². The molecule has 150 valence electrons. The van der Waals surface area contributed by atoms with Crippen LogP contribution in [0.4, 0.5) is 10.1 Å². The first kappa shape index (κ1) is 20.4. The van der Waals surface area contributed by atoms with Crippen molar-refractivity contribution in [3.05, 3.63) is 83.9 Å². The summed E-state index contributed by atoms with van der Waals surface area (Å²) in [5, 5.41) is 7.77. The van der Waals surface area contributed by atoms with Crippen molar-refractivity contribution in [2.75, 3.05) is 5.32 Å². The molecule has 0 fully saturated rings. The van der Waals surface area contributed by atoms with Crippen LogP contribution in [0.5, 0.6) is 5.75 Å². The molecule has 0 aliphatic carbocycles. The number of ether oxygens (including phenoxy) is 1. The number of carbonyl (C=O) groups excluding carboxylic acids is 1. The molecule has 3 rings (SSSR count). The summed E-state index contributed by atoms with van der Waals surface area (Å²) in [5.41, 5.74) is 1.02. The number of nitrogens with zero attached hydrogens (tertiary/aromatic N) is 1. The van der Waals surface area contributed by atoms with Crippen LogP contribution in [0.15, 0.2) is 71.8 Å². The Hall–Kier alpha value is -3.30. The standard InChI is InChI=1S/C20H18FN3O4S/c21-19-7-2-1-5-14(19)9-20(25)24-16-10-17(12-18(11-16)29(22,26)27)28-13-15-6-3-4-8-23-15/h1-8,10-12H,9,13H2,(H,24,25)(H2,22,26,27). The Bertz CT molecular complexity index is 1120. The molecule has 0 saturated heterocycles. The number of pyridine rings is 1. The van der Waals surface area contributed by atoms with E-state index < -0.39 is 21.7 Å². The third kappa shape index (κ3) is 5.84. The first-order chi connectivity index (χ1) is 13.8. The van der Waals surface area contributed by atoms with Gasteiger partial charge < -0.3 is 10.1 Å². The van der Waals surface area contributed by atoms with Crippen molar-refractivity contribution >= 4 is 21.6 Å². The Morgan fingerprint density at radius 3 is 2.55 bits per heavy atom. The Morgan fingerprint density at radius 1 is 1.10 bits per heavy atom. The number of halogens is 1. The van der Waals surface area contributed by atoms with E-state index in [1.165, 1.54) is 36.4 Å². The van der Waals surface area contributed by atoms with Crippen molar-refractivity contribution < 1.29 is 22.3 Å². The average molecular weight is 415 g/mol. The monoisotopic (exact) mass is 415 g/mol. The minimum absolute atomic E-state index is 0.0948. The molecule has 0 spiro atoms. The molecule has 7 nitrogen and oxygen atoms in total. The maximum absolute atomic E-state index is 13.7. The number of hydrogen-bond acceptors (Lipinski definition) is 5. The first-order valence-electron chi connectivity index (χ1n) is 8.55. The quantitative estimate of drug-likeness (QED) is 0.616. The van der Waals surface area contributed by atoms with Gasteiger partial charge in [0.25, 0.3) is 0 Å². The lowest BCUT2D eigenvalue weighted by atomic mass is 10.1.